The fourth-order valence-corrected chi connectivity index (χ4v) is 2.80. The molecule has 0 bridgehead atoms. The lowest BCUT2D eigenvalue weighted by Crippen LogP contribution is -2.43. The summed E-state index contributed by atoms with van der Waals surface area (Å²) in [4.78, 5) is 4.31. The fraction of sp³-hybridized carbons (Fsp3) is 0.667. The fourth-order valence-electron chi connectivity index (χ4n) is 2.80. The van der Waals surface area contributed by atoms with Crippen LogP contribution >= 0.6 is 24.0 Å². The summed E-state index contributed by atoms with van der Waals surface area (Å²) >= 11 is 0. The molecule has 0 spiro atoms. The average molecular weight is 505 g/mol. The van der Waals surface area contributed by atoms with Crippen molar-refractivity contribution in [1.29, 1.82) is 0 Å². The van der Waals surface area contributed by atoms with Crippen LogP contribution in [0.5, 0.6) is 11.5 Å². The van der Waals surface area contributed by atoms with Gasteiger partial charge in [0.25, 0.3) is 0 Å². The number of aliphatic imine (C=N–C) groups is 1. The highest BCUT2D eigenvalue weighted by molar-refractivity contribution is 14.0. The predicted octanol–water partition coefficient (Wildman–Crippen LogP) is 3.58. The Kier molecular flexibility index (Phi) is 11.0. The van der Waals surface area contributed by atoms with Gasteiger partial charge >= 0.3 is 0 Å². The Balaban J connectivity index is 0.00000392. The standard InChI is InChI=1S/C21H35N3O3.HI/c1-21(2,17-9-10-18(25-4)19(13-17)26-5)15-24-20(22-3)23-11-6-12-27-14-16-7-8-16;/h9-10,13,16H,6-8,11-12,14-15H2,1-5H3,(H2,22,23,24);1H. The summed E-state index contributed by atoms with van der Waals surface area (Å²) in [5.41, 5.74) is 1.08. The molecule has 0 atom stereocenters. The lowest BCUT2D eigenvalue weighted by atomic mass is 9.84. The Morgan fingerprint density at radius 2 is 1.86 bits per heavy atom. The van der Waals surface area contributed by atoms with Crippen LogP contribution in [-0.2, 0) is 10.2 Å². The van der Waals surface area contributed by atoms with E-state index in [9.17, 15) is 0 Å². The van der Waals surface area contributed by atoms with E-state index in [0.717, 1.165) is 56.1 Å². The molecular weight excluding hydrogens is 469 g/mol. The summed E-state index contributed by atoms with van der Waals surface area (Å²) in [6.07, 6.45) is 3.65. The molecule has 28 heavy (non-hydrogen) atoms. The van der Waals surface area contributed by atoms with E-state index in [1.54, 1.807) is 21.3 Å². The number of hydrogen-bond acceptors (Lipinski definition) is 4. The molecule has 1 aromatic carbocycles. The van der Waals surface area contributed by atoms with E-state index in [1.807, 2.05) is 12.1 Å². The van der Waals surface area contributed by atoms with Crippen molar-refractivity contribution in [1.82, 2.24) is 10.6 Å². The first-order chi connectivity index (χ1) is 13.0. The van der Waals surface area contributed by atoms with E-state index in [1.165, 1.54) is 18.4 Å². The zero-order chi connectivity index (χ0) is 19.7. The Morgan fingerprint density at radius 1 is 1.14 bits per heavy atom. The molecule has 0 radical (unpaired) electrons. The van der Waals surface area contributed by atoms with Crippen molar-refractivity contribution >= 4 is 29.9 Å². The molecule has 2 rings (SSSR count). The van der Waals surface area contributed by atoms with E-state index >= 15 is 0 Å². The van der Waals surface area contributed by atoms with Gasteiger partial charge in [-0.15, -0.1) is 24.0 Å². The molecule has 6 nitrogen and oxygen atoms in total. The number of rotatable bonds is 11. The molecule has 2 N–H and O–H groups in total. The van der Waals surface area contributed by atoms with Gasteiger partial charge in [0.2, 0.25) is 0 Å². The molecule has 1 aromatic rings. The molecule has 0 saturated heterocycles. The molecule has 0 heterocycles. The van der Waals surface area contributed by atoms with E-state index < -0.39 is 0 Å². The van der Waals surface area contributed by atoms with E-state index in [2.05, 4.69) is 35.5 Å². The van der Waals surface area contributed by atoms with Gasteiger partial charge in [0.05, 0.1) is 14.2 Å². The Morgan fingerprint density at radius 3 is 2.46 bits per heavy atom. The van der Waals surface area contributed by atoms with Crippen LogP contribution in [0, 0.1) is 5.92 Å². The van der Waals surface area contributed by atoms with Gasteiger partial charge in [0.15, 0.2) is 17.5 Å². The zero-order valence-electron chi connectivity index (χ0n) is 17.8. The maximum atomic E-state index is 5.66. The molecular formula is C21H36IN3O3. The van der Waals surface area contributed by atoms with E-state index in [-0.39, 0.29) is 29.4 Å². The normalized spacial score (nSPS) is 14.2. The summed E-state index contributed by atoms with van der Waals surface area (Å²) in [6.45, 7) is 7.71. The van der Waals surface area contributed by atoms with E-state index in [0.29, 0.717) is 0 Å². The van der Waals surface area contributed by atoms with Crippen LogP contribution in [-0.4, -0.2) is 53.5 Å². The number of nitrogens with zero attached hydrogens (tertiary/aromatic N) is 1. The Bertz CT molecular complexity index is 619. The number of benzene rings is 1. The lowest BCUT2D eigenvalue weighted by Gasteiger charge is -2.27. The molecule has 0 unspecified atom stereocenters. The molecule has 1 aliphatic rings. The summed E-state index contributed by atoms with van der Waals surface area (Å²) in [5, 5.41) is 6.77. The van der Waals surface area contributed by atoms with Crippen LogP contribution in [0.1, 0.15) is 38.7 Å². The highest BCUT2D eigenvalue weighted by Gasteiger charge is 2.23. The highest BCUT2D eigenvalue weighted by Crippen LogP contribution is 2.32. The molecule has 0 amide bonds. The summed E-state index contributed by atoms with van der Waals surface area (Å²) in [7, 11) is 5.10. The smallest absolute Gasteiger partial charge is 0.191 e. The van der Waals surface area contributed by atoms with Crippen molar-refractivity contribution in [2.45, 2.75) is 38.5 Å². The maximum absolute atomic E-state index is 5.66. The average Bonchev–Trinajstić information content (AvgIpc) is 3.50. The van der Waals surface area contributed by atoms with Gasteiger partial charge in [-0.25, -0.2) is 0 Å². The second-order valence-electron chi connectivity index (χ2n) is 7.68. The quantitative estimate of drug-likeness (QED) is 0.208. The lowest BCUT2D eigenvalue weighted by molar-refractivity contribution is 0.123. The second kappa shape index (κ2) is 12.4. The molecule has 7 heteroatoms. The summed E-state index contributed by atoms with van der Waals surface area (Å²) in [5.74, 6) is 3.13. The van der Waals surface area contributed by atoms with Gasteiger partial charge in [-0.1, -0.05) is 19.9 Å². The van der Waals surface area contributed by atoms with Crippen LogP contribution in [0.3, 0.4) is 0 Å². The van der Waals surface area contributed by atoms with Gasteiger partial charge in [-0.2, -0.15) is 0 Å². The predicted molar refractivity (Wildman–Crippen MR) is 126 cm³/mol. The number of methoxy groups -OCH3 is 2. The van der Waals surface area contributed by atoms with Crippen molar-refractivity contribution < 1.29 is 14.2 Å². The third-order valence-corrected chi connectivity index (χ3v) is 4.89. The van der Waals surface area contributed by atoms with Gasteiger partial charge in [-0.05, 0) is 42.9 Å². The van der Waals surface area contributed by atoms with Crippen LogP contribution in [0.4, 0.5) is 0 Å². The number of ether oxygens (including phenoxy) is 3. The van der Waals surface area contributed by atoms with Gasteiger partial charge in [0.1, 0.15) is 0 Å². The zero-order valence-corrected chi connectivity index (χ0v) is 20.2. The molecule has 160 valence electrons. The van der Waals surface area contributed by atoms with Crippen molar-refractivity contribution in [2.24, 2.45) is 10.9 Å². The van der Waals surface area contributed by atoms with Crippen molar-refractivity contribution in [2.75, 3.05) is 47.6 Å². The third kappa shape index (κ3) is 8.03. The molecule has 0 aliphatic heterocycles. The Labute approximate surface area is 186 Å². The van der Waals surface area contributed by atoms with Crippen LogP contribution in [0.25, 0.3) is 0 Å². The first-order valence-corrected chi connectivity index (χ1v) is 9.75. The second-order valence-corrected chi connectivity index (χ2v) is 7.68. The van der Waals surface area contributed by atoms with Gasteiger partial charge < -0.3 is 24.8 Å². The first kappa shape index (κ1) is 24.8. The highest BCUT2D eigenvalue weighted by atomic mass is 127. The minimum atomic E-state index is -0.0927. The molecule has 1 fully saturated rings. The molecule has 1 saturated carbocycles. The van der Waals surface area contributed by atoms with Gasteiger partial charge in [-0.3, -0.25) is 4.99 Å². The SMILES string of the molecule is CN=C(NCCCOCC1CC1)NCC(C)(C)c1ccc(OC)c(OC)c1.I. The van der Waals surface area contributed by atoms with E-state index in [4.69, 9.17) is 14.2 Å². The first-order valence-electron chi connectivity index (χ1n) is 9.75. The van der Waals surface area contributed by atoms with Gasteiger partial charge in [0, 0.05) is 38.8 Å². The van der Waals surface area contributed by atoms with Crippen molar-refractivity contribution in [3.8, 4) is 11.5 Å². The largest absolute Gasteiger partial charge is 0.493 e. The minimum absolute atomic E-state index is 0. The number of guanidine groups is 1. The molecule has 0 aromatic heterocycles. The maximum Gasteiger partial charge on any atom is 0.191 e. The number of halogens is 1. The van der Waals surface area contributed by atoms with Crippen molar-refractivity contribution in [3.05, 3.63) is 23.8 Å². The van der Waals surface area contributed by atoms with Crippen LogP contribution in [0.15, 0.2) is 23.2 Å². The van der Waals surface area contributed by atoms with Crippen LogP contribution in [0.2, 0.25) is 0 Å². The Hall–Kier alpha value is -1.22. The van der Waals surface area contributed by atoms with Crippen molar-refractivity contribution in [3.63, 3.8) is 0 Å². The summed E-state index contributed by atoms with van der Waals surface area (Å²) < 4.78 is 16.4. The summed E-state index contributed by atoms with van der Waals surface area (Å²) in [6, 6.07) is 6.06. The minimum Gasteiger partial charge on any atom is -0.493 e. The third-order valence-electron chi connectivity index (χ3n) is 4.89. The van der Waals surface area contributed by atoms with Crippen LogP contribution < -0.4 is 20.1 Å². The monoisotopic (exact) mass is 505 g/mol. The molecule has 1 aliphatic carbocycles. The topological polar surface area (TPSA) is 64.1 Å². The number of nitrogens with one attached hydrogen (secondary N) is 2. The number of hydrogen-bond donors (Lipinski definition) is 2.